The lowest BCUT2D eigenvalue weighted by molar-refractivity contribution is -0.125. The highest BCUT2D eigenvalue weighted by Gasteiger charge is 2.28. The van der Waals surface area contributed by atoms with Gasteiger partial charge in [0.05, 0.1) is 6.04 Å². The van der Waals surface area contributed by atoms with Crippen molar-refractivity contribution in [1.29, 1.82) is 0 Å². The smallest absolute Gasteiger partial charge is 0.237 e. The minimum atomic E-state index is 0.0516. The van der Waals surface area contributed by atoms with Gasteiger partial charge in [0.2, 0.25) is 5.91 Å². The minimum absolute atomic E-state index is 0.0516. The van der Waals surface area contributed by atoms with Crippen molar-refractivity contribution < 1.29 is 4.79 Å². The van der Waals surface area contributed by atoms with Crippen LogP contribution in [-0.4, -0.2) is 24.5 Å². The van der Waals surface area contributed by atoms with Gasteiger partial charge in [-0.1, -0.05) is 33.1 Å². The third kappa shape index (κ3) is 3.71. The molecule has 4 atom stereocenters. The highest BCUT2D eigenvalue weighted by molar-refractivity contribution is 5.82. The number of carbonyl (C=O) groups is 1. The maximum atomic E-state index is 12.2. The molecule has 0 aromatic heterocycles. The van der Waals surface area contributed by atoms with Crippen LogP contribution in [0.5, 0.6) is 0 Å². The van der Waals surface area contributed by atoms with Crippen LogP contribution in [-0.2, 0) is 4.79 Å². The van der Waals surface area contributed by atoms with Crippen molar-refractivity contribution in [2.45, 2.75) is 70.9 Å². The third-order valence-electron chi connectivity index (χ3n) is 4.69. The zero-order chi connectivity index (χ0) is 13.0. The van der Waals surface area contributed by atoms with E-state index in [9.17, 15) is 4.79 Å². The molecule has 0 spiro atoms. The molecule has 1 saturated carbocycles. The third-order valence-corrected chi connectivity index (χ3v) is 4.69. The zero-order valence-electron chi connectivity index (χ0n) is 11.9. The van der Waals surface area contributed by atoms with E-state index in [0.29, 0.717) is 12.0 Å². The van der Waals surface area contributed by atoms with Crippen molar-refractivity contribution in [3.63, 3.8) is 0 Å². The summed E-state index contributed by atoms with van der Waals surface area (Å²) in [7, 11) is 0. The van der Waals surface area contributed by atoms with Gasteiger partial charge in [-0.3, -0.25) is 4.79 Å². The fourth-order valence-electron chi connectivity index (χ4n) is 3.40. The Balaban J connectivity index is 1.79. The molecule has 104 valence electrons. The van der Waals surface area contributed by atoms with E-state index in [1.165, 1.54) is 38.5 Å². The van der Waals surface area contributed by atoms with Crippen LogP contribution >= 0.6 is 0 Å². The second-order valence-corrected chi connectivity index (χ2v) is 6.28. The predicted molar refractivity (Wildman–Crippen MR) is 74.4 cm³/mol. The van der Waals surface area contributed by atoms with Crippen LogP contribution in [0.3, 0.4) is 0 Å². The van der Waals surface area contributed by atoms with Crippen LogP contribution in [0, 0.1) is 11.8 Å². The van der Waals surface area contributed by atoms with Crippen molar-refractivity contribution in [3.05, 3.63) is 0 Å². The van der Waals surface area contributed by atoms with E-state index >= 15 is 0 Å². The van der Waals surface area contributed by atoms with Gasteiger partial charge in [-0.2, -0.15) is 0 Å². The zero-order valence-corrected chi connectivity index (χ0v) is 11.9. The van der Waals surface area contributed by atoms with Gasteiger partial charge in [-0.05, 0) is 44.1 Å². The molecule has 18 heavy (non-hydrogen) atoms. The number of nitrogens with one attached hydrogen (secondary N) is 2. The first-order valence-corrected chi connectivity index (χ1v) is 7.72. The molecule has 2 fully saturated rings. The summed E-state index contributed by atoms with van der Waals surface area (Å²) in [6.07, 6.45) is 8.43. The van der Waals surface area contributed by atoms with Crippen molar-refractivity contribution in [1.82, 2.24) is 10.6 Å². The van der Waals surface area contributed by atoms with Gasteiger partial charge in [0.15, 0.2) is 0 Å². The number of carbonyl (C=O) groups excluding carboxylic acids is 1. The van der Waals surface area contributed by atoms with E-state index in [2.05, 4.69) is 24.5 Å². The second-order valence-electron chi connectivity index (χ2n) is 6.28. The molecule has 4 unspecified atom stereocenters. The van der Waals surface area contributed by atoms with E-state index in [1.54, 1.807) is 0 Å². The Morgan fingerprint density at radius 1 is 1.28 bits per heavy atom. The monoisotopic (exact) mass is 252 g/mol. The maximum Gasteiger partial charge on any atom is 0.237 e. The highest BCUT2D eigenvalue weighted by atomic mass is 16.2. The molecule has 3 nitrogen and oxygen atoms in total. The van der Waals surface area contributed by atoms with Gasteiger partial charge >= 0.3 is 0 Å². The molecule has 1 aliphatic heterocycles. The first-order chi connectivity index (χ1) is 8.69. The summed E-state index contributed by atoms with van der Waals surface area (Å²) >= 11 is 0. The molecule has 1 heterocycles. The van der Waals surface area contributed by atoms with Crippen molar-refractivity contribution in [2.24, 2.45) is 11.8 Å². The SMILES string of the molecule is CCC1CCCC(NC(=O)C2CC(C)CCN2)C1. The summed E-state index contributed by atoms with van der Waals surface area (Å²) in [5.74, 6) is 1.74. The summed E-state index contributed by atoms with van der Waals surface area (Å²) in [6, 6.07) is 0.478. The van der Waals surface area contributed by atoms with Crippen LogP contribution in [0.15, 0.2) is 0 Å². The molecule has 1 amide bonds. The molecule has 2 aliphatic rings. The second kappa shape index (κ2) is 6.55. The van der Waals surface area contributed by atoms with Crippen molar-refractivity contribution in [3.8, 4) is 0 Å². The van der Waals surface area contributed by atoms with E-state index in [4.69, 9.17) is 0 Å². The molecular formula is C15H28N2O. The lowest BCUT2D eigenvalue weighted by Crippen LogP contribution is -2.51. The molecule has 2 N–H and O–H groups in total. The number of amides is 1. The maximum absolute atomic E-state index is 12.2. The molecule has 1 aliphatic carbocycles. The Labute approximate surface area is 111 Å². The van der Waals surface area contributed by atoms with Gasteiger partial charge in [-0.15, -0.1) is 0 Å². The van der Waals surface area contributed by atoms with E-state index < -0.39 is 0 Å². The van der Waals surface area contributed by atoms with Crippen LogP contribution < -0.4 is 10.6 Å². The molecule has 0 aromatic rings. The van der Waals surface area contributed by atoms with E-state index in [1.807, 2.05) is 0 Å². The van der Waals surface area contributed by atoms with Gasteiger partial charge in [0, 0.05) is 6.04 Å². The first kappa shape index (κ1) is 13.9. The average Bonchev–Trinajstić information content (AvgIpc) is 2.39. The molecule has 0 radical (unpaired) electrons. The Kier molecular flexibility index (Phi) is 5.04. The van der Waals surface area contributed by atoms with Gasteiger partial charge in [0.1, 0.15) is 0 Å². The van der Waals surface area contributed by atoms with Crippen molar-refractivity contribution in [2.75, 3.05) is 6.54 Å². The number of hydrogen-bond acceptors (Lipinski definition) is 2. The quantitative estimate of drug-likeness (QED) is 0.810. The van der Waals surface area contributed by atoms with Gasteiger partial charge in [-0.25, -0.2) is 0 Å². The largest absolute Gasteiger partial charge is 0.352 e. The Hall–Kier alpha value is -0.570. The predicted octanol–water partition coefficient (Wildman–Crippen LogP) is 2.46. The molecule has 2 rings (SSSR count). The number of piperidine rings is 1. The van der Waals surface area contributed by atoms with E-state index in [-0.39, 0.29) is 11.9 Å². The number of rotatable bonds is 3. The van der Waals surface area contributed by atoms with Crippen LogP contribution in [0.1, 0.15) is 58.8 Å². The fourth-order valence-corrected chi connectivity index (χ4v) is 3.40. The molecular weight excluding hydrogens is 224 g/mol. The van der Waals surface area contributed by atoms with Gasteiger partial charge < -0.3 is 10.6 Å². The Morgan fingerprint density at radius 2 is 2.11 bits per heavy atom. The summed E-state index contributed by atoms with van der Waals surface area (Å²) in [5, 5.41) is 6.62. The standard InChI is InChI=1S/C15H28N2O/c1-3-12-5-4-6-13(10-12)17-15(18)14-9-11(2)7-8-16-14/h11-14,16H,3-10H2,1-2H3,(H,17,18). The van der Waals surface area contributed by atoms with Crippen LogP contribution in [0.2, 0.25) is 0 Å². The molecule has 0 aromatic carbocycles. The first-order valence-electron chi connectivity index (χ1n) is 7.72. The Morgan fingerprint density at radius 3 is 2.83 bits per heavy atom. The normalized spacial score (nSPS) is 37.2. The topological polar surface area (TPSA) is 41.1 Å². The highest BCUT2D eigenvalue weighted by Crippen LogP contribution is 2.26. The summed E-state index contributed by atoms with van der Waals surface area (Å²) in [6.45, 7) is 5.50. The minimum Gasteiger partial charge on any atom is -0.352 e. The summed E-state index contributed by atoms with van der Waals surface area (Å²) in [5.41, 5.74) is 0. The molecule has 3 heteroatoms. The van der Waals surface area contributed by atoms with E-state index in [0.717, 1.165) is 18.9 Å². The summed E-state index contributed by atoms with van der Waals surface area (Å²) in [4.78, 5) is 12.2. The van der Waals surface area contributed by atoms with Crippen molar-refractivity contribution >= 4 is 5.91 Å². The van der Waals surface area contributed by atoms with Crippen LogP contribution in [0.25, 0.3) is 0 Å². The molecule has 0 bridgehead atoms. The lowest BCUT2D eigenvalue weighted by atomic mass is 9.84. The average molecular weight is 252 g/mol. The number of hydrogen-bond donors (Lipinski definition) is 2. The van der Waals surface area contributed by atoms with Crippen LogP contribution in [0.4, 0.5) is 0 Å². The lowest BCUT2D eigenvalue weighted by Gasteiger charge is -2.32. The fraction of sp³-hybridized carbons (Fsp3) is 0.933. The Bertz CT molecular complexity index is 280. The summed E-state index contributed by atoms with van der Waals surface area (Å²) < 4.78 is 0. The van der Waals surface area contributed by atoms with Gasteiger partial charge in [0.25, 0.3) is 0 Å². The molecule has 1 saturated heterocycles.